The molecule has 0 saturated carbocycles. The predicted octanol–water partition coefficient (Wildman–Crippen LogP) is 5.46. The molecule has 2 aromatic rings. The minimum Gasteiger partial charge on any atom is -0.321 e. The second-order valence-electron chi connectivity index (χ2n) is 6.54. The van der Waals surface area contributed by atoms with E-state index >= 15 is 0 Å². The van der Waals surface area contributed by atoms with Crippen LogP contribution in [0.3, 0.4) is 0 Å². The zero-order valence-corrected chi connectivity index (χ0v) is 18.0. The van der Waals surface area contributed by atoms with Crippen LogP contribution >= 0.6 is 34.8 Å². The van der Waals surface area contributed by atoms with Crippen LogP contribution in [-0.4, -0.2) is 31.7 Å². The molecule has 150 valence electrons. The molecule has 1 aliphatic heterocycles. The van der Waals surface area contributed by atoms with Gasteiger partial charge in [-0.2, -0.15) is 4.31 Å². The molecule has 1 N–H and O–H groups in total. The highest BCUT2D eigenvalue weighted by atomic mass is 35.5. The van der Waals surface area contributed by atoms with Gasteiger partial charge in [0.25, 0.3) is 5.91 Å². The Morgan fingerprint density at radius 1 is 0.893 bits per heavy atom. The lowest BCUT2D eigenvalue weighted by atomic mass is 10.2. The van der Waals surface area contributed by atoms with Crippen LogP contribution in [0.25, 0.3) is 0 Å². The standard InChI is InChI=1S/C19H19Cl3N2O3S/c20-14-6-8-15(21)17(12-14)23-19(25)13-5-7-16(22)18(11-13)28(26,27)24-9-3-1-2-4-10-24/h5-8,11-12H,1-4,9-10H2,(H,23,25). The zero-order chi connectivity index (χ0) is 20.3. The Morgan fingerprint density at radius 2 is 1.54 bits per heavy atom. The first-order chi connectivity index (χ1) is 13.3. The number of carbonyl (C=O) groups is 1. The van der Waals surface area contributed by atoms with E-state index in [9.17, 15) is 13.2 Å². The van der Waals surface area contributed by atoms with Crippen molar-refractivity contribution in [1.82, 2.24) is 4.31 Å². The Labute approximate surface area is 179 Å². The summed E-state index contributed by atoms with van der Waals surface area (Å²) < 4.78 is 27.6. The van der Waals surface area contributed by atoms with Gasteiger partial charge in [-0.05, 0) is 49.2 Å². The maximum Gasteiger partial charge on any atom is 0.255 e. The molecule has 2 aromatic carbocycles. The van der Waals surface area contributed by atoms with Crippen LogP contribution in [0, 0.1) is 0 Å². The smallest absolute Gasteiger partial charge is 0.255 e. The summed E-state index contributed by atoms with van der Waals surface area (Å²) in [4.78, 5) is 12.6. The second kappa shape index (κ2) is 9.01. The number of nitrogens with one attached hydrogen (secondary N) is 1. The maximum absolute atomic E-state index is 13.1. The number of rotatable bonds is 4. The topological polar surface area (TPSA) is 66.5 Å². The molecule has 28 heavy (non-hydrogen) atoms. The highest BCUT2D eigenvalue weighted by Crippen LogP contribution is 2.29. The van der Waals surface area contributed by atoms with Crippen molar-refractivity contribution in [1.29, 1.82) is 0 Å². The van der Waals surface area contributed by atoms with E-state index in [1.165, 1.54) is 28.6 Å². The summed E-state index contributed by atoms with van der Waals surface area (Å²) in [7, 11) is -3.79. The highest BCUT2D eigenvalue weighted by molar-refractivity contribution is 7.89. The Morgan fingerprint density at radius 3 is 2.21 bits per heavy atom. The fraction of sp³-hybridized carbons (Fsp3) is 0.316. The minimum atomic E-state index is -3.79. The molecule has 0 aromatic heterocycles. The number of hydrogen-bond acceptors (Lipinski definition) is 3. The van der Waals surface area contributed by atoms with E-state index in [0.29, 0.717) is 28.8 Å². The molecular formula is C19H19Cl3N2O3S. The fourth-order valence-electron chi connectivity index (χ4n) is 3.05. The second-order valence-corrected chi connectivity index (χ2v) is 9.70. The van der Waals surface area contributed by atoms with Gasteiger partial charge in [-0.3, -0.25) is 4.79 Å². The van der Waals surface area contributed by atoms with Crippen molar-refractivity contribution >= 4 is 56.4 Å². The summed E-state index contributed by atoms with van der Waals surface area (Å²) in [5, 5.41) is 3.47. The van der Waals surface area contributed by atoms with Crippen molar-refractivity contribution in [2.75, 3.05) is 18.4 Å². The van der Waals surface area contributed by atoms with Crippen LogP contribution in [0.2, 0.25) is 15.1 Å². The first kappa shape index (κ1) is 21.4. The molecular weight excluding hydrogens is 443 g/mol. The van der Waals surface area contributed by atoms with Crippen molar-refractivity contribution in [2.24, 2.45) is 0 Å². The first-order valence-corrected chi connectivity index (χ1v) is 11.4. The Balaban J connectivity index is 1.90. The summed E-state index contributed by atoms with van der Waals surface area (Å²) in [6.07, 6.45) is 3.62. The zero-order valence-electron chi connectivity index (χ0n) is 14.9. The molecule has 1 saturated heterocycles. The molecule has 0 atom stereocenters. The predicted molar refractivity (Wildman–Crippen MR) is 113 cm³/mol. The number of nitrogens with zero attached hydrogens (tertiary/aromatic N) is 1. The van der Waals surface area contributed by atoms with Crippen LogP contribution in [0.5, 0.6) is 0 Å². The molecule has 0 aliphatic carbocycles. The summed E-state index contributed by atoms with van der Waals surface area (Å²) >= 11 is 18.2. The van der Waals surface area contributed by atoms with Crippen LogP contribution in [0.1, 0.15) is 36.0 Å². The number of benzene rings is 2. The third-order valence-electron chi connectivity index (χ3n) is 4.55. The van der Waals surface area contributed by atoms with E-state index in [1.807, 2.05) is 0 Å². The van der Waals surface area contributed by atoms with Gasteiger partial charge in [-0.25, -0.2) is 8.42 Å². The lowest BCUT2D eigenvalue weighted by Gasteiger charge is -2.21. The van der Waals surface area contributed by atoms with E-state index in [0.717, 1.165) is 25.7 Å². The molecule has 3 rings (SSSR count). The van der Waals surface area contributed by atoms with Crippen LogP contribution in [-0.2, 0) is 10.0 Å². The Hall–Kier alpha value is -1.31. The normalized spacial score (nSPS) is 15.8. The number of sulfonamides is 1. The first-order valence-electron chi connectivity index (χ1n) is 8.85. The van der Waals surface area contributed by atoms with E-state index in [1.54, 1.807) is 12.1 Å². The number of amides is 1. The molecule has 5 nitrogen and oxygen atoms in total. The van der Waals surface area contributed by atoms with Crippen molar-refractivity contribution in [3.63, 3.8) is 0 Å². The monoisotopic (exact) mass is 460 g/mol. The molecule has 1 aliphatic rings. The molecule has 1 heterocycles. The summed E-state index contributed by atoms with van der Waals surface area (Å²) in [5.41, 5.74) is 0.500. The Bertz CT molecular complexity index is 988. The van der Waals surface area contributed by atoms with Gasteiger partial charge in [0, 0.05) is 23.7 Å². The van der Waals surface area contributed by atoms with Crippen LogP contribution in [0.4, 0.5) is 5.69 Å². The summed E-state index contributed by atoms with van der Waals surface area (Å²) in [6.45, 7) is 0.903. The third-order valence-corrected chi connectivity index (χ3v) is 7.50. The lowest BCUT2D eigenvalue weighted by molar-refractivity contribution is 0.102. The molecule has 0 unspecified atom stereocenters. The van der Waals surface area contributed by atoms with Crippen molar-refractivity contribution in [3.05, 3.63) is 57.0 Å². The van der Waals surface area contributed by atoms with E-state index in [4.69, 9.17) is 34.8 Å². The van der Waals surface area contributed by atoms with E-state index in [2.05, 4.69) is 5.32 Å². The van der Waals surface area contributed by atoms with E-state index < -0.39 is 15.9 Å². The average molecular weight is 462 g/mol. The third kappa shape index (κ3) is 4.81. The molecule has 0 radical (unpaired) electrons. The van der Waals surface area contributed by atoms with E-state index in [-0.39, 0.29) is 15.5 Å². The average Bonchev–Trinajstić information content (AvgIpc) is 2.95. The van der Waals surface area contributed by atoms with Gasteiger partial charge in [-0.15, -0.1) is 0 Å². The van der Waals surface area contributed by atoms with Gasteiger partial charge in [0.2, 0.25) is 10.0 Å². The van der Waals surface area contributed by atoms with Crippen molar-refractivity contribution in [2.45, 2.75) is 30.6 Å². The van der Waals surface area contributed by atoms with Crippen LogP contribution in [0.15, 0.2) is 41.3 Å². The quantitative estimate of drug-likeness (QED) is 0.657. The molecule has 1 amide bonds. The number of anilines is 1. The SMILES string of the molecule is O=C(Nc1cc(Cl)ccc1Cl)c1ccc(Cl)c(S(=O)(=O)N2CCCCCC2)c1. The number of carbonyl (C=O) groups excluding carboxylic acids is 1. The van der Waals surface area contributed by atoms with Gasteiger partial charge in [0.1, 0.15) is 4.90 Å². The number of hydrogen-bond donors (Lipinski definition) is 1. The van der Waals surface area contributed by atoms with Gasteiger partial charge >= 0.3 is 0 Å². The van der Waals surface area contributed by atoms with Gasteiger partial charge in [0.15, 0.2) is 0 Å². The van der Waals surface area contributed by atoms with Crippen molar-refractivity contribution in [3.8, 4) is 0 Å². The maximum atomic E-state index is 13.1. The number of halogens is 3. The lowest BCUT2D eigenvalue weighted by Crippen LogP contribution is -2.32. The van der Waals surface area contributed by atoms with Gasteiger partial charge < -0.3 is 5.32 Å². The summed E-state index contributed by atoms with van der Waals surface area (Å²) in [5.74, 6) is -0.506. The van der Waals surface area contributed by atoms with Gasteiger partial charge in [-0.1, -0.05) is 47.6 Å². The molecule has 0 bridgehead atoms. The molecule has 0 spiro atoms. The molecule has 1 fully saturated rings. The van der Waals surface area contributed by atoms with Crippen molar-refractivity contribution < 1.29 is 13.2 Å². The van der Waals surface area contributed by atoms with Gasteiger partial charge in [0.05, 0.1) is 15.7 Å². The molecule has 9 heteroatoms. The summed E-state index contributed by atoms with van der Waals surface area (Å²) in [6, 6.07) is 8.88. The largest absolute Gasteiger partial charge is 0.321 e. The van der Waals surface area contributed by atoms with Crippen LogP contribution < -0.4 is 5.32 Å². The Kier molecular flexibility index (Phi) is 6.89. The minimum absolute atomic E-state index is 0.0686. The fourth-order valence-corrected chi connectivity index (χ4v) is 5.41. The highest BCUT2D eigenvalue weighted by Gasteiger charge is 2.28.